The van der Waals surface area contributed by atoms with Crippen LogP contribution in [0.1, 0.15) is 60.5 Å². The van der Waals surface area contributed by atoms with Crippen molar-refractivity contribution < 1.29 is 13.2 Å². The molecule has 0 unspecified atom stereocenters. The van der Waals surface area contributed by atoms with Crippen LogP contribution in [0.5, 0.6) is 0 Å². The van der Waals surface area contributed by atoms with Crippen LogP contribution in [0.2, 0.25) is 0 Å². The third-order valence-corrected chi connectivity index (χ3v) is 4.49. The van der Waals surface area contributed by atoms with Crippen LogP contribution in [0, 0.1) is 0 Å². The molecule has 124 valence electrons. The van der Waals surface area contributed by atoms with Gasteiger partial charge in [0, 0.05) is 23.7 Å². The smallest absolute Gasteiger partial charge is 0.309 e. The van der Waals surface area contributed by atoms with Crippen molar-refractivity contribution in [2.24, 2.45) is 0 Å². The lowest BCUT2D eigenvalue weighted by molar-refractivity contribution is -0.137. The molecule has 6 heteroatoms. The fraction of sp³-hybridized carbons (Fsp3) is 0.471. The number of alkyl halides is 3. The van der Waals surface area contributed by atoms with Crippen molar-refractivity contribution in [1.82, 2.24) is 9.97 Å². The zero-order chi connectivity index (χ0) is 16.4. The first kappa shape index (κ1) is 15.9. The molecule has 0 radical (unpaired) electrons. The second-order valence-electron chi connectivity index (χ2n) is 6.18. The second kappa shape index (κ2) is 6.26. The van der Waals surface area contributed by atoms with Crippen molar-refractivity contribution in [2.45, 2.75) is 50.6 Å². The minimum absolute atomic E-state index is 0.285. The van der Waals surface area contributed by atoms with Gasteiger partial charge >= 0.3 is 11.9 Å². The van der Waals surface area contributed by atoms with Gasteiger partial charge in [-0.1, -0.05) is 37.5 Å². The molecule has 23 heavy (non-hydrogen) atoms. The Bertz CT molecular complexity index is 724. The van der Waals surface area contributed by atoms with E-state index in [9.17, 15) is 18.0 Å². The summed E-state index contributed by atoms with van der Waals surface area (Å²) in [5.74, 6) is 0.295. The van der Waals surface area contributed by atoms with Crippen molar-refractivity contribution in [2.75, 3.05) is 0 Å². The average Bonchev–Trinajstić information content (AvgIpc) is 2.88. The number of imidazole rings is 1. The summed E-state index contributed by atoms with van der Waals surface area (Å²) >= 11 is 0. The summed E-state index contributed by atoms with van der Waals surface area (Å²) in [5, 5.41) is 0. The molecule has 0 amide bonds. The summed E-state index contributed by atoms with van der Waals surface area (Å²) in [6.45, 7) is 0. The molecule has 1 aromatic heterocycles. The van der Waals surface area contributed by atoms with Gasteiger partial charge in [-0.2, -0.15) is 13.2 Å². The number of hydrogen-bond donors (Lipinski definition) is 2. The Labute approximate surface area is 131 Å². The van der Waals surface area contributed by atoms with Gasteiger partial charge < -0.3 is 9.97 Å². The van der Waals surface area contributed by atoms with Gasteiger partial charge in [-0.05, 0) is 24.5 Å². The Balaban J connectivity index is 1.87. The summed E-state index contributed by atoms with van der Waals surface area (Å²) < 4.78 is 38.5. The minimum Gasteiger partial charge on any atom is -0.309 e. The molecule has 0 atom stereocenters. The Morgan fingerprint density at radius 2 is 1.83 bits per heavy atom. The van der Waals surface area contributed by atoms with E-state index in [1.807, 2.05) is 0 Å². The lowest BCUT2D eigenvalue weighted by atomic mass is 9.85. The third-order valence-electron chi connectivity index (χ3n) is 4.49. The molecule has 3 nitrogen and oxygen atoms in total. The molecule has 1 heterocycles. The zero-order valence-corrected chi connectivity index (χ0v) is 12.7. The Hall–Kier alpha value is -1.98. The summed E-state index contributed by atoms with van der Waals surface area (Å²) in [4.78, 5) is 17.3. The molecule has 1 aromatic carbocycles. The van der Waals surface area contributed by atoms with Crippen LogP contribution in [0.4, 0.5) is 13.2 Å². The van der Waals surface area contributed by atoms with E-state index < -0.39 is 11.7 Å². The average molecular weight is 324 g/mol. The van der Waals surface area contributed by atoms with E-state index >= 15 is 0 Å². The van der Waals surface area contributed by atoms with E-state index in [1.54, 1.807) is 6.07 Å². The summed E-state index contributed by atoms with van der Waals surface area (Å²) in [6, 6.07) is 5.27. The number of nitrogens with one attached hydrogen (secondary N) is 2. The van der Waals surface area contributed by atoms with Gasteiger partial charge in [-0.15, -0.1) is 0 Å². The Kier molecular flexibility index (Phi) is 4.33. The lowest BCUT2D eigenvalue weighted by Crippen LogP contribution is -2.09. The van der Waals surface area contributed by atoms with Gasteiger partial charge in [0.2, 0.25) is 0 Å². The predicted molar refractivity (Wildman–Crippen MR) is 81.5 cm³/mol. The molecule has 0 spiro atoms. The van der Waals surface area contributed by atoms with Gasteiger partial charge in [0.15, 0.2) is 0 Å². The van der Waals surface area contributed by atoms with Gasteiger partial charge in [-0.3, -0.25) is 0 Å². The highest BCUT2D eigenvalue weighted by Crippen LogP contribution is 2.34. The molecular formula is C17H19F3N2O. The Morgan fingerprint density at radius 1 is 1.09 bits per heavy atom. The summed E-state index contributed by atoms with van der Waals surface area (Å²) in [5.41, 5.74) is 1.18. The fourth-order valence-electron chi connectivity index (χ4n) is 3.37. The van der Waals surface area contributed by atoms with Crippen LogP contribution in [0.3, 0.4) is 0 Å². The molecular weight excluding hydrogens is 305 g/mol. The molecule has 0 aliphatic heterocycles. The Morgan fingerprint density at radius 3 is 2.52 bits per heavy atom. The van der Waals surface area contributed by atoms with Crippen LogP contribution >= 0.6 is 0 Å². The van der Waals surface area contributed by atoms with E-state index in [2.05, 4.69) is 9.97 Å². The number of H-pyrrole nitrogens is 2. The van der Waals surface area contributed by atoms with E-state index in [-0.39, 0.29) is 5.69 Å². The normalized spacial score (nSPS) is 16.7. The van der Waals surface area contributed by atoms with E-state index in [1.165, 1.54) is 12.5 Å². The van der Waals surface area contributed by atoms with Gasteiger partial charge in [-0.25, -0.2) is 4.79 Å². The number of halogens is 3. The molecule has 2 N–H and O–H groups in total. The maximum atomic E-state index is 12.8. The highest BCUT2D eigenvalue weighted by Gasteiger charge is 2.30. The van der Waals surface area contributed by atoms with E-state index in [0.29, 0.717) is 23.6 Å². The maximum absolute atomic E-state index is 12.8. The monoisotopic (exact) mass is 324 g/mol. The first-order valence-electron chi connectivity index (χ1n) is 7.90. The molecule has 0 bridgehead atoms. The van der Waals surface area contributed by atoms with Gasteiger partial charge in [0.25, 0.3) is 0 Å². The zero-order valence-electron chi connectivity index (χ0n) is 12.7. The maximum Gasteiger partial charge on any atom is 0.416 e. The molecule has 2 aromatic rings. The van der Waals surface area contributed by atoms with Crippen LogP contribution in [0.25, 0.3) is 0 Å². The number of benzene rings is 1. The third kappa shape index (κ3) is 3.68. The molecule has 1 saturated carbocycles. The predicted octanol–water partition coefficient (Wildman–Crippen LogP) is 4.36. The molecule has 1 aliphatic carbocycles. The van der Waals surface area contributed by atoms with Gasteiger partial charge in [0.1, 0.15) is 0 Å². The van der Waals surface area contributed by atoms with Gasteiger partial charge in [0.05, 0.1) is 5.56 Å². The van der Waals surface area contributed by atoms with Crippen LogP contribution in [-0.4, -0.2) is 9.97 Å². The first-order chi connectivity index (χ1) is 10.9. The summed E-state index contributed by atoms with van der Waals surface area (Å²) in [6.07, 6.45) is 1.44. The fourth-order valence-corrected chi connectivity index (χ4v) is 3.37. The first-order valence-corrected chi connectivity index (χ1v) is 7.90. The minimum atomic E-state index is -4.35. The van der Waals surface area contributed by atoms with Crippen molar-refractivity contribution in [1.29, 1.82) is 0 Å². The molecule has 0 saturated heterocycles. The molecule has 3 rings (SSSR count). The van der Waals surface area contributed by atoms with E-state index in [0.717, 1.165) is 43.5 Å². The number of rotatable bonds is 3. The van der Waals surface area contributed by atoms with Crippen LogP contribution in [0.15, 0.2) is 29.1 Å². The standard InChI is InChI=1S/C17H19F3N2O/c18-17(19,20)13-8-4-5-11(9-13)10-14-15(22-16(23)21-14)12-6-2-1-3-7-12/h4-5,8-9,12H,1-3,6-7,10H2,(H2,21,22,23). The van der Waals surface area contributed by atoms with Crippen molar-refractivity contribution in [3.05, 3.63) is 57.3 Å². The highest BCUT2D eigenvalue weighted by molar-refractivity contribution is 5.31. The van der Waals surface area contributed by atoms with Crippen molar-refractivity contribution in [3.8, 4) is 0 Å². The van der Waals surface area contributed by atoms with Crippen LogP contribution < -0.4 is 5.69 Å². The van der Waals surface area contributed by atoms with Crippen molar-refractivity contribution >= 4 is 0 Å². The largest absolute Gasteiger partial charge is 0.416 e. The quantitative estimate of drug-likeness (QED) is 0.866. The lowest BCUT2D eigenvalue weighted by Gasteiger charge is -2.21. The number of aromatic nitrogens is 2. The highest BCUT2D eigenvalue weighted by atomic mass is 19.4. The topological polar surface area (TPSA) is 48.6 Å². The molecule has 1 aliphatic rings. The van der Waals surface area contributed by atoms with Crippen molar-refractivity contribution in [3.63, 3.8) is 0 Å². The van der Waals surface area contributed by atoms with E-state index in [4.69, 9.17) is 0 Å². The molecule has 1 fully saturated rings. The summed E-state index contributed by atoms with van der Waals surface area (Å²) in [7, 11) is 0. The van der Waals surface area contributed by atoms with Crippen LogP contribution in [-0.2, 0) is 12.6 Å². The number of hydrogen-bond acceptors (Lipinski definition) is 1. The number of aromatic amines is 2. The SMILES string of the molecule is O=c1[nH]c(Cc2cccc(C(F)(F)F)c2)c(C2CCCCC2)[nH]1. The second-order valence-corrected chi connectivity index (χ2v) is 6.18.